The molecule has 152 valence electrons. The highest BCUT2D eigenvalue weighted by Gasteiger charge is 2.50. The highest BCUT2D eigenvalue weighted by atomic mass is 35.5. The van der Waals surface area contributed by atoms with Crippen molar-refractivity contribution in [2.24, 2.45) is 0 Å². The summed E-state index contributed by atoms with van der Waals surface area (Å²) < 4.78 is 5.38. The zero-order chi connectivity index (χ0) is 20.6. The number of amides is 2. The third-order valence-electron chi connectivity index (χ3n) is 6.20. The molecule has 0 saturated heterocycles. The maximum absolute atomic E-state index is 13.6. The molecule has 2 amide bonds. The van der Waals surface area contributed by atoms with Crippen LogP contribution in [-0.2, 0) is 11.3 Å². The van der Waals surface area contributed by atoms with Gasteiger partial charge in [0.25, 0.3) is 5.91 Å². The fourth-order valence-corrected chi connectivity index (χ4v) is 4.78. The molecule has 1 fully saturated rings. The van der Waals surface area contributed by atoms with E-state index in [1.807, 2.05) is 25.1 Å². The number of methoxy groups -OCH3 is 1. The number of carbonyl (C=O) groups excluding carboxylic acids is 2. The quantitative estimate of drug-likeness (QED) is 0.772. The second-order valence-electron chi connectivity index (χ2n) is 7.89. The molecule has 0 spiro atoms. The molecule has 1 aliphatic carbocycles. The van der Waals surface area contributed by atoms with Gasteiger partial charge in [0.1, 0.15) is 11.3 Å². The number of ether oxygens (including phenoxy) is 1. The van der Waals surface area contributed by atoms with E-state index in [1.165, 1.54) is 0 Å². The Balaban J connectivity index is 1.67. The van der Waals surface area contributed by atoms with Crippen molar-refractivity contribution in [1.82, 2.24) is 4.90 Å². The molecule has 1 aliphatic heterocycles. The van der Waals surface area contributed by atoms with E-state index in [0.717, 1.165) is 36.1 Å². The fourth-order valence-electron chi connectivity index (χ4n) is 4.54. The molecular weight excluding hydrogens is 388 g/mol. The maximum atomic E-state index is 13.6. The van der Waals surface area contributed by atoms with E-state index < -0.39 is 5.54 Å². The first-order valence-electron chi connectivity index (χ1n) is 10.0. The van der Waals surface area contributed by atoms with Gasteiger partial charge < -0.3 is 15.0 Å². The van der Waals surface area contributed by atoms with Gasteiger partial charge in [-0.1, -0.05) is 43.0 Å². The molecule has 0 aromatic heterocycles. The van der Waals surface area contributed by atoms with Gasteiger partial charge in [-0.15, -0.1) is 0 Å². The second-order valence-corrected chi connectivity index (χ2v) is 8.30. The molecule has 4 rings (SSSR count). The summed E-state index contributed by atoms with van der Waals surface area (Å²) in [5.74, 6) is 0.471. The summed E-state index contributed by atoms with van der Waals surface area (Å²) in [6, 6.07) is 11.0. The minimum Gasteiger partial charge on any atom is -0.496 e. The number of fused-ring (bicyclic) bond motifs is 1. The highest BCUT2D eigenvalue weighted by Crippen LogP contribution is 2.41. The van der Waals surface area contributed by atoms with Crippen LogP contribution >= 0.6 is 11.6 Å². The van der Waals surface area contributed by atoms with Crippen molar-refractivity contribution in [3.05, 3.63) is 58.1 Å². The number of anilines is 1. The van der Waals surface area contributed by atoms with Crippen molar-refractivity contribution >= 4 is 29.1 Å². The predicted molar refractivity (Wildman–Crippen MR) is 114 cm³/mol. The number of aryl methyl sites for hydroxylation is 1. The van der Waals surface area contributed by atoms with Crippen molar-refractivity contribution < 1.29 is 14.3 Å². The van der Waals surface area contributed by atoms with Gasteiger partial charge in [-0.2, -0.15) is 0 Å². The lowest BCUT2D eigenvalue weighted by molar-refractivity contribution is -0.129. The van der Waals surface area contributed by atoms with Crippen LogP contribution in [0.2, 0.25) is 5.02 Å². The summed E-state index contributed by atoms with van der Waals surface area (Å²) in [5, 5.41) is 3.62. The molecule has 0 bridgehead atoms. The molecule has 1 saturated carbocycles. The zero-order valence-electron chi connectivity index (χ0n) is 16.8. The standard InChI is InChI=1S/C23H25ClN2O3/c1-15-9-10-16(13-20(15)29-2)25-22(28)23(11-4-3-5-12-23)26-14-18-17(21(26)27)7-6-8-19(18)24/h6-10,13H,3-5,11-12,14H2,1-2H3,(H,25,28). The van der Waals surface area contributed by atoms with Crippen LogP contribution < -0.4 is 10.1 Å². The van der Waals surface area contributed by atoms with Crippen LogP contribution in [0.3, 0.4) is 0 Å². The first-order chi connectivity index (χ1) is 14.0. The van der Waals surface area contributed by atoms with Gasteiger partial charge in [0, 0.05) is 34.4 Å². The van der Waals surface area contributed by atoms with Crippen LogP contribution in [0.15, 0.2) is 36.4 Å². The molecule has 29 heavy (non-hydrogen) atoms. The molecule has 2 aliphatic rings. The summed E-state index contributed by atoms with van der Waals surface area (Å²) in [4.78, 5) is 28.5. The lowest BCUT2D eigenvalue weighted by Crippen LogP contribution is -2.58. The van der Waals surface area contributed by atoms with Crippen LogP contribution in [-0.4, -0.2) is 29.4 Å². The summed E-state index contributed by atoms with van der Waals surface area (Å²) in [5.41, 5.74) is 2.22. The third kappa shape index (κ3) is 3.38. The molecule has 6 heteroatoms. The number of benzene rings is 2. The monoisotopic (exact) mass is 412 g/mol. The number of hydrogen-bond donors (Lipinski definition) is 1. The molecule has 5 nitrogen and oxygen atoms in total. The Kier molecular flexibility index (Phi) is 5.26. The largest absolute Gasteiger partial charge is 0.496 e. The van der Waals surface area contributed by atoms with Gasteiger partial charge in [-0.3, -0.25) is 9.59 Å². The van der Waals surface area contributed by atoms with Crippen molar-refractivity contribution in [3.63, 3.8) is 0 Å². The van der Waals surface area contributed by atoms with Crippen molar-refractivity contribution in [2.75, 3.05) is 12.4 Å². The van der Waals surface area contributed by atoms with Gasteiger partial charge in [0.2, 0.25) is 5.91 Å². The molecule has 1 N–H and O–H groups in total. The molecule has 0 atom stereocenters. The number of nitrogens with zero attached hydrogens (tertiary/aromatic N) is 1. The average Bonchev–Trinajstić information content (AvgIpc) is 3.08. The Bertz CT molecular complexity index is 967. The SMILES string of the molecule is COc1cc(NC(=O)C2(N3Cc4c(Cl)cccc4C3=O)CCCCC2)ccc1C. The number of hydrogen-bond acceptors (Lipinski definition) is 3. The lowest BCUT2D eigenvalue weighted by Gasteiger charge is -2.43. The van der Waals surface area contributed by atoms with Crippen molar-refractivity contribution in [3.8, 4) is 5.75 Å². The van der Waals surface area contributed by atoms with Crippen molar-refractivity contribution in [1.29, 1.82) is 0 Å². The van der Waals surface area contributed by atoms with Gasteiger partial charge in [0.05, 0.1) is 7.11 Å². The van der Waals surface area contributed by atoms with Crippen LogP contribution in [0.25, 0.3) is 0 Å². The Morgan fingerprint density at radius 3 is 2.62 bits per heavy atom. The van der Waals surface area contributed by atoms with E-state index in [9.17, 15) is 9.59 Å². The van der Waals surface area contributed by atoms with Crippen LogP contribution in [0.5, 0.6) is 5.75 Å². The number of halogens is 1. The van der Waals surface area contributed by atoms with Crippen LogP contribution in [0.4, 0.5) is 5.69 Å². The first kappa shape index (κ1) is 19.8. The summed E-state index contributed by atoms with van der Waals surface area (Å²) in [7, 11) is 1.61. The molecular formula is C23H25ClN2O3. The van der Waals surface area contributed by atoms with Gasteiger partial charge in [-0.25, -0.2) is 0 Å². The molecule has 0 radical (unpaired) electrons. The Labute approximate surface area is 176 Å². The average molecular weight is 413 g/mol. The Morgan fingerprint density at radius 2 is 1.93 bits per heavy atom. The van der Waals surface area contributed by atoms with E-state index in [1.54, 1.807) is 30.2 Å². The van der Waals surface area contributed by atoms with E-state index in [2.05, 4.69) is 5.32 Å². The summed E-state index contributed by atoms with van der Waals surface area (Å²) in [6.07, 6.45) is 4.21. The molecule has 0 unspecified atom stereocenters. The van der Waals surface area contributed by atoms with Gasteiger partial charge in [-0.05, 0) is 43.5 Å². The minimum atomic E-state index is -0.865. The number of rotatable bonds is 4. The van der Waals surface area contributed by atoms with Crippen LogP contribution in [0.1, 0.15) is 53.6 Å². The number of carbonyl (C=O) groups is 2. The number of nitrogens with one attached hydrogen (secondary N) is 1. The minimum absolute atomic E-state index is 0.110. The van der Waals surface area contributed by atoms with Gasteiger partial charge in [0.15, 0.2) is 0 Å². The van der Waals surface area contributed by atoms with E-state index >= 15 is 0 Å². The highest BCUT2D eigenvalue weighted by molar-refractivity contribution is 6.32. The maximum Gasteiger partial charge on any atom is 0.255 e. The third-order valence-corrected chi connectivity index (χ3v) is 6.55. The smallest absolute Gasteiger partial charge is 0.255 e. The lowest BCUT2D eigenvalue weighted by atomic mass is 9.79. The van der Waals surface area contributed by atoms with E-state index in [0.29, 0.717) is 35.7 Å². The summed E-state index contributed by atoms with van der Waals surface area (Å²) in [6.45, 7) is 2.33. The second kappa shape index (κ2) is 7.71. The van der Waals surface area contributed by atoms with Gasteiger partial charge >= 0.3 is 0 Å². The molecule has 1 heterocycles. The normalized spacial score (nSPS) is 17.8. The van der Waals surface area contributed by atoms with E-state index in [4.69, 9.17) is 16.3 Å². The zero-order valence-corrected chi connectivity index (χ0v) is 17.5. The molecule has 2 aromatic rings. The topological polar surface area (TPSA) is 58.6 Å². The predicted octanol–water partition coefficient (Wildman–Crippen LogP) is 4.95. The van der Waals surface area contributed by atoms with E-state index in [-0.39, 0.29) is 11.8 Å². The Morgan fingerprint density at radius 1 is 1.17 bits per heavy atom. The van der Waals surface area contributed by atoms with Crippen LogP contribution in [0, 0.1) is 6.92 Å². The fraction of sp³-hybridized carbons (Fsp3) is 0.391. The first-order valence-corrected chi connectivity index (χ1v) is 10.4. The summed E-state index contributed by atoms with van der Waals surface area (Å²) >= 11 is 6.35. The molecule has 2 aromatic carbocycles. The Hall–Kier alpha value is -2.53. The van der Waals surface area contributed by atoms with Crippen molar-refractivity contribution in [2.45, 2.75) is 51.1 Å².